The summed E-state index contributed by atoms with van der Waals surface area (Å²) >= 11 is 0. The highest BCUT2D eigenvalue weighted by Crippen LogP contribution is 2.36. The second-order valence-electron chi connectivity index (χ2n) is 7.07. The van der Waals surface area contributed by atoms with Crippen LogP contribution in [0.5, 0.6) is 5.75 Å². The minimum absolute atomic E-state index is 0.324. The number of fused-ring (bicyclic) bond motifs is 1. The van der Waals surface area contributed by atoms with E-state index < -0.39 is 12.1 Å². The molecule has 148 valence electrons. The molecule has 0 saturated carbocycles. The molecule has 27 heavy (non-hydrogen) atoms. The van der Waals surface area contributed by atoms with Gasteiger partial charge in [-0.2, -0.15) is 13.2 Å². The second-order valence-corrected chi connectivity index (χ2v) is 7.07. The summed E-state index contributed by atoms with van der Waals surface area (Å²) in [5.41, 5.74) is 1.33. The van der Waals surface area contributed by atoms with Crippen molar-refractivity contribution < 1.29 is 37.1 Å². The molecule has 0 spiro atoms. The van der Waals surface area contributed by atoms with Crippen LogP contribution in [0.15, 0.2) is 23.2 Å². The van der Waals surface area contributed by atoms with Crippen LogP contribution in [0.1, 0.15) is 33.3 Å². The summed E-state index contributed by atoms with van der Waals surface area (Å²) in [6.07, 6.45) is -3.23. The summed E-state index contributed by atoms with van der Waals surface area (Å²) in [5.74, 6) is -1.89. The van der Waals surface area contributed by atoms with Crippen LogP contribution in [0.25, 0.3) is 0 Å². The van der Waals surface area contributed by atoms with Gasteiger partial charge in [0.1, 0.15) is 12.4 Å². The third-order valence-corrected chi connectivity index (χ3v) is 4.51. The van der Waals surface area contributed by atoms with Crippen LogP contribution in [-0.4, -0.2) is 54.9 Å². The number of aliphatic carboxylic acids is 1. The molecule has 1 aromatic carbocycles. The fraction of sp³-hybridized carbons (Fsp3) is 0.529. The Labute approximate surface area is 155 Å². The Kier molecular flexibility index (Phi) is 5.91. The zero-order valence-electron chi connectivity index (χ0n) is 15.5. The highest BCUT2D eigenvalue weighted by atomic mass is 19.4. The minimum atomic E-state index is -5.08. The lowest BCUT2D eigenvalue weighted by molar-refractivity contribution is -0.192. The Morgan fingerprint density at radius 1 is 1.19 bits per heavy atom. The van der Waals surface area contributed by atoms with Crippen molar-refractivity contribution in [2.24, 2.45) is 4.99 Å². The maximum Gasteiger partial charge on any atom is 0.494 e. The Balaban J connectivity index is 0.000000321. The third kappa shape index (κ3) is 5.01. The van der Waals surface area contributed by atoms with Gasteiger partial charge in [-0.05, 0) is 45.3 Å². The number of carboxylic acids is 1. The Bertz CT molecular complexity index is 718. The number of carbonyl (C=O) groups is 1. The zero-order valence-corrected chi connectivity index (χ0v) is 15.5. The standard InChI is InChI=1S/C15H20BNO3.C2HF3O2/c1-14(2)15(3,4)20-16(19-14)12-5-6-13-11(9-12)10-17-7-8-18-13;3-2(4,5)1(6)7/h5-6,9-10H,7-8H2,1-4H3;(H,6,7). The first kappa shape index (κ1) is 21.2. The van der Waals surface area contributed by atoms with E-state index in [0.717, 1.165) is 16.8 Å². The molecule has 0 radical (unpaired) electrons. The second kappa shape index (κ2) is 7.51. The average molecular weight is 387 g/mol. The number of rotatable bonds is 1. The molecule has 6 nitrogen and oxygen atoms in total. The van der Waals surface area contributed by atoms with Crippen molar-refractivity contribution in [3.8, 4) is 5.75 Å². The Hall–Kier alpha value is -2.07. The van der Waals surface area contributed by atoms with Crippen molar-refractivity contribution in [1.29, 1.82) is 0 Å². The number of ether oxygens (including phenoxy) is 1. The van der Waals surface area contributed by atoms with Gasteiger partial charge in [-0.25, -0.2) is 4.79 Å². The summed E-state index contributed by atoms with van der Waals surface area (Å²) in [6, 6.07) is 6.00. The molecule has 0 amide bonds. The lowest BCUT2D eigenvalue weighted by Gasteiger charge is -2.32. The number of alkyl halides is 3. The van der Waals surface area contributed by atoms with Gasteiger partial charge in [0.2, 0.25) is 0 Å². The Morgan fingerprint density at radius 3 is 2.26 bits per heavy atom. The minimum Gasteiger partial charge on any atom is -0.491 e. The van der Waals surface area contributed by atoms with Gasteiger partial charge < -0.3 is 19.2 Å². The fourth-order valence-corrected chi connectivity index (χ4v) is 2.30. The van der Waals surface area contributed by atoms with Crippen LogP contribution in [0.4, 0.5) is 13.2 Å². The zero-order chi connectivity index (χ0) is 20.5. The molecular formula is C17H21BF3NO5. The number of hydrogen-bond donors (Lipinski definition) is 1. The van der Waals surface area contributed by atoms with Crippen molar-refractivity contribution in [3.05, 3.63) is 23.8 Å². The first-order valence-electron chi connectivity index (χ1n) is 8.26. The van der Waals surface area contributed by atoms with E-state index in [1.807, 2.05) is 24.4 Å². The van der Waals surface area contributed by atoms with Crippen molar-refractivity contribution in [2.45, 2.75) is 45.1 Å². The van der Waals surface area contributed by atoms with Crippen LogP contribution in [-0.2, 0) is 14.1 Å². The van der Waals surface area contributed by atoms with Gasteiger partial charge in [0.15, 0.2) is 0 Å². The number of halogens is 3. The van der Waals surface area contributed by atoms with Crippen LogP contribution in [0.2, 0.25) is 0 Å². The van der Waals surface area contributed by atoms with E-state index in [4.69, 9.17) is 23.9 Å². The predicted molar refractivity (Wildman–Crippen MR) is 93.8 cm³/mol. The molecule has 0 bridgehead atoms. The molecule has 2 aliphatic heterocycles. The lowest BCUT2D eigenvalue weighted by Crippen LogP contribution is -2.41. The molecule has 0 aliphatic carbocycles. The van der Waals surface area contributed by atoms with Gasteiger partial charge in [0.25, 0.3) is 0 Å². The van der Waals surface area contributed by atoms with Gasteiger partial charge >= 0.3 is 19.3 Å². The summed E-state index contributed by atoms with van der Waals surface area (Å²) in [7, 11) is -0.345. The van der Waals surface area contributed by atoms with Crippen molar-refractivity contribution in [3.63, 3.8) is 0 Å². The first-order valence-corrected chi connectivity index (χ1v) is 8.26. The van der Waals surface area contributed by atoms with Crippen molar-refractivity contribution in [1.82, 2.24) is 0 Å². The van der Waals surface area contributed by atoms with Crippen LogP contribution < -0.4 is 10.2 Å². The van der Waals surface area contributed by atoms with Crippen molar-refractivity contribution >= 4 is 24.8 Å². The van der Waals surface area contributed by atoms with E-state index in [2.05, 4.69) is 32.7 Å². The van der Waals surface area contributed by atoms with Gasteiger partial charge in [-0.1, -0.05) is 6.07 Å². The highest BCUT2D eigenvalue weighted by molar-refractivity contribution is 6.62. The summed E-state index contributed by atoms with van der Waals surface area (Å²) in [5, 5.41) is 7.12. The molecule has 0 unspecified atom stereocenters. The molecule has 1 saturated heterocycles. The average Bonchev–Trinajstić information content (AvgIpc) is 2.69. The number of benzene rings is 1. The van der Waals surface area contributed by atoms with Gasteiger partial charge in [-0.3, -0.25) is 4.99 Å². The third-order valence-electron chi connectivity index (χ3n) is 4.51. The quantitative estimate of drug-likeness (QED) is 0.750. The summed E-state index contributed by atoms with van der Waals surface area (Å²) in [4.78, 5) is 13.2. The van der Waals surface area contributed by atoms with Gasteiger partial charge in [0, 0.05) is 11.8 Å². The molecule has 1 aromatic rings. The lowest BCUT2D eigenvalue weighted by atomic mass is 9.78. The van der Waals surface area contributed by atoms with E-state index in [0.29, 0.717) is 13.2 Å². The SMILES string of the molecule is CC1(C)OB(c2ccc3c(c2)C=NCCO3)OC1(C)C.O=C(O)C(F)(F)F. The molecule has 1 fully saturated rings. The molecule has 0 atom stereocenters. The molecule has 3 rings (SSSR count). The van der Waals surface area contributed by atoms with Crippen LogP contribution >= 0.6 is 0 Å². The predicted octanol–water partition coefficient (Wildman–Crippen LogP) is 2.43. The molecule has 2 heterocycles. The number of aliphatic imine (C=N–C) groups is 1. The first-order chi connectivity index (χ1) is 12.3. The monoisotopic (exact) mass is 387 g/mol. The smallest absolute Gasteiger partial charge is 0.491 e. The van der Waals surface area contributed by atoms with Crippen LogP contribution in [0, 0.1) is 0 Å². The molecular weight excluding hydrogens is 366 g/mol. The fourth-order valence-electron chi connectivity index (χ4n) is 2.30. The summed E-state index contributed by atoms with van der Waals surface area (Å²) in [6.45, 7) is 9.55. The van der Waals surface area contributed by atoms with E-state index in [1.54, 1.807) is 0 Å². The number of nitrogens with zero attached hydrogens (tertiary/aromatic N) is 1. The maximum absolute atomic E-state index is 10.6. The van der Waals surface area contributed by atoms with E-state index in [-0.39, 0.29) is 18.3 Å². The summed E-state index contributed by atoms with van der Waals surface area (Å²) < 4.78 is 49.5. The van der Waals surface area contributed by atoms with E-state index >= 15 is 0 Å². The number of carboxylic acid groups (broad SMARTS) is 1. The largest absolute Gasteiger partial charge is 0.494 e. The molecule has 0 aromatic heterocycles. The maximum atomic E-state index is 10.6. The normalized spacial score (nSPS) is 20.0. The van der Waals surface area contributed by atoms with E-state index in [9.17, 15) is 13.2 Å². The topological polar surface area (TPSA) is 77.3 Å². The number of hydrogen-bond acceptors (Lipinski definition) is 5. The Morgan fingerprint density at radius 2 is 1.74 bits per heavy atom. The van der Waals surface area contributed by atoms with Gasteiger partial charge in [0.05, 0.1) is 17.7 Å². The van der Waals surface area contributed by atoms with Crippen molar-refractivity contribution in [2.75, 3.05) is 13.2 Å². The molecule has 2 aliphatic rings. The molecule has 1 N–H and O–H groups in total. The molecule has 10 heteroatoms. The highest BCUT2D eigenvalue weighted by Gasteiger charge is 2.51. The van der Waals surface area contributed by atoms with Crippen LogP contribution in [0.3, 0.4) is 0 Å². The van der Waals surface area contributed by atoms with Gasteiger partial charge in [-0.15, -0.1) is 0 Å². The van der Waals surface area contributed by atoms with E-state index in [1.165, 1.54) is 0 Å².